The van der Waals surface area contributed by atoms with Gasteiger partial charge in [-0.3, -0.25) is 9.69 Å². The van der Waals surface area contributed by atoms with Crippen molar-refractivity contribution in [3.8, 4) is 11.5 Å². The van der Waals surface area contributed by atoms with Crippen LogP contribution in [0.5, 0.6) is 11.5 Å². The molecule has 2 fully saturated rings. The van der Waals surface area contributed by atoms with Crippen LogP contribution in [0.2, 0.25) is 10.0 Å². The predicted octanol–water partition coefficient (Wildman–Crippen LogP) is 5.22. The molecule has 176 valence electrons. The van der Waals surface area contributed by atoms with Gasteiger partial charge >= 0.3 is 6.03 Å². The summed E-state index contributed by atoms with van der Waals surface area (Å²) < 4.78 is 7.14. The van der Waals surface area contributed by atoms with E-state index in [1.807, 2.05) is 24.3 Å². The average molecular weight is 499 g/mol. The number of hydrogen-bond acceptors (Lipinski definition) is 5. The Hall–Kier alpha value is -2.87. The summed E-state index contributed by atoms with van der Waals surface area (Å²) in [5, 5.41) is 4.95. The molecular formula is C25H24Cl2N4O3. The number of likely N-dealkylation sites (tertiary alicyclic amines) is 2. The van der Waals surface area contributed by atoms with Crippen LogP contribution in [0, 0.1) is 11.8 Å². The van der Waals surface area contributed by atoms with Gasteiger partial charge in [0.1, 0.15) is 17.2 Å². The van der Waals surface area contributed by atoms with Crippen LogP contribution in [0.25, 0.3) is 0 Å². The zero-order chi connectivity index (χ0) is 23.8. The van der Waals surface area contributed by atoms with Crippen molar-refractivity contribution in [2.45, 2.75) is 13.5 Å². The molecule has 0 bridgehead atoms. The number of fused-ring (bicyclic) bond motifs is 1. The number of carbonyl (C=O) groups is 2. The number of Topliss-reactive ketones (excluding diaryl/α,β-unsaturated/α-hetero) is 1. The minimum absolute atomic E-state index is 0.128. The molecule has 1 amide bonds. The molecule has 3 aromatic rings. The Balaban J connectivity index is 1.17. The van der Waals surface area contributed by atoms with Gasteiger partial charge in [-0.2, -0.15) is 9.78 Å². The molecule has 9 heteroatoms. The second kappa shape index (κ2) is 9.41. The molecule has 2 saturated heterocycles. The first kappa shape index (κ1) is 22.9. The Morgan fingerprint density at radius 1 is 1.00 bits per heavy atom. The van der Waals surface area contributed by atoms with Gasteiger partial charge in [-0.25, -0.2) is 4.79 Å². The number of nitrogens with zero attached hydrogens (tertiary/aromatic N) is 4. The quantitative estimate of drug-likeness (QED) is 0.451. The summed E-state index contributed by atoms with van der Waals surface area (Å²) in [5.41, 5.74) is 1.31. The van der Waals surface area contributed by atoms with E-state index in [1.165, 1.54) is 23.4 Å². The molecule has 2 aliphatic heterocycles. The van der Waals surface area contributed by atoms with Gasteiger partial charge < -0.3 is 9.64 Å². The number of hydrogen-bond donors (Lipinski definition) is 0. The topological polar surface area (TPSA) is 67.7 Å². The van der Waals surface area contributed by atoms with E-state index in [0.29, 0.717) is 29.9 Å². The lowest BCUT2D eigenvalue weighted by molar-refractivity contribution is 0.101. The summed E-state index contributed by atoms with van der Waals surface area (Å²) in [4.78, 5) is 28.7. The first-order chi connectivity index (χ1) is 16.4. The molecular weight excluding hydrogens is 475 g/mol. The zero-order valence-electron chi connectivity index (χ0n) is 18.7. The van der Waals surface area contributed by atoms with Gasteiger partial charge in [-0.15, -0.1) is 0 Å². The molecule has 5 rings (SSSR count). The lowest BCUT2D eigenvalue weighted by atomic mass is 10.0. The summed E-state index contributed by atoms with van der Waals surface area (Å²) in [6.45, 7) is 5.41. The van der Waals surface area contributed by atoms with Crippen molar-refractivity contribution in [2.24, 2.45) is 11.8 Å². The van der Waals surface area contributed by atoms with E-state index in [1.54, 1.807) is 17.0 Å². The van der Waals surface area contributed by atoms with Crippen molar-refractivity contribution in [3.63, 3.8) is 0 Å². The fraction of sp³-hybridized carbons (Fsp3) is 0.320. The minimum Gasteiger partial charge on any atom is -0.457 e. The maximum absolute atomic E-state index is 12.9. The van der Waals surface area contributed by atoms with Gasteiger partial charge in [0.05, 0.1) is 11.2 Å². The monoisotopic (exact) mass is 498 g/mol. The Kier molecular flexibility index (Phi) is 6.34. The second-order valence-corrected chi connectivity index (χ2v) is 9.78. The molecule has 2 atom stereocenters. The second-order valence-electron chi connectivity index (χ2n) is 8.93. The van der Waals surface area contributed by atoms with E-state index >= 15 is 0 Å². The third kappa shape index (κ3) is 4.82. The third-order valence-corrected chi connectivity index (χ3v) is 6.91. The Morgan fingerprint density at radius 2 is 1.71 bits per heavy atom. The van der Waals surface area contributed by atoms with E-state index in [2.05, 4.69) is 22.1 Å². The van der Waals surface area contributed by atoms with Crippen molar-refractivity contribution < 1.29 is 14.3 Å². The number of aromatic nitrogens is 2. The first-order valence-electron chi connectivity index (χ1n) is 11.2. The van der Waals surface area contributed by atoms with E-state index in [-0.39, 0.29) is 22.5 Å². The molecule has 0 saturated carbocycles. The Labute approximate surface area is 207 Å². The molecule has 7 nitrogen and oxygen atoms in total. The van der Waals surface area contributed by atoms with Gasteiger partial charge in [0.15, 0.2) is 5.78 Å². The largest absolute Gasteiger partial charge is 0.457 e. The number of ketones is 1. The average Bonchev–Trinajstić information content (AvgIpc) is 3.48. The summed E-state index contributed by atoms with van der Waals surface area (Å²) >= 11 is 12.0. The Morgan fingerprint density at radius 3 is 2.35 bits per heavy atom. The number of halogens is 2. The summed E-state index contributed by atoms with van der Waals surface area (Å²) in [5.74, 6) is 2.11. The summed E-state index contributed by atoms with van der Waals surface area (Å²) in [6.07, 6.45) is 1.42. The van der Waals surface area contributed by atoms with Crippen LogP contribution in [0.4, 0.5) is 4.79 Å². The number of benzene rings is 2. The van der Waals surface area contributed by atoms with E-state index in [9.17, 15) is 9.59 Å². The van der Waals surface area contributed by atoms with Gasteiger partial charge in [-0.1, -0.05) is 35.3 Å². The molecule has 0 radical (unpaired) electrons. The molecule has 1 aromatic heterocycles. The molecule has 2 aliphatic rings. The fourth-order valence-electron chi connectivity index (χ4n) is 4.81. The minimum atomic E-state index is -0.256. The summed E-state index contributed by atoms with van der Waals surface area (Å²) in [6, 6.07) is 15.2. The smallest absolute Gasteiger partial charge is 0.344 e. The molecule has 0 aliphatic carbocycles. The van der Waals surface area contributed by atoms with Crippen LogP contribution in [0.15, 0.2) is 54.7 Å². The molecule has 0 N–H and O–H groups in total. The van der Waals surface area contributed by atoms with Crippen molar-refractivity contribution >= 4 is 35.0 Å². The summed E-state index contributed by atoms with van der Waals surface area (Å²) in [7, 11) is 0. The number of rotatable bonds is 5. The molecule has 3 heterocycles. The number of carbonyl (C=O) groups excluding carboxylic acids is 2. The molecule has 34 heavy (non-hydrogen) atoms. The third-order valence-electron chi connectivity index (χ3n) is 6.39. The van der Waals surface area contributed by atoms with Crippen LogP contribution >= 0.6 is 23.2 Å². The van der Waals surface area contributed by atoms with Crippen LogP contribution in [0.3, 0.4) is 0 Å². The SMILES string of the molecule is CC(=O)c1nn(C(=O)N2CC3CN(Cc4cccc(Oc5ccc(Cl)cc5)c4)CC3C2)cc1Cl. The highest BCUT2D eigenvalue weighted by molar-refractivity contribution is 6.33. The fourth-order valence-corrected chi connectivity index (χ4v) is 5.20. The maximum Gasteiger partial charge on any atom is 0.344 e. The van der Waals surface area contributed by atoms with Crippen molar-refractivity contribution in [1.29, 1.82) is 0 Å². The van der Waals surface area contributed by atoms with E-state index in [0.717, 1.165) is 31.1 Å². The molecule has 2 unspecified atom stereocenters. The van der Waals surface area contributed by atoms with Gasteiger partial charge in [0, 0.05) is 44.7 Å². The highest BCUT2D eigenvalue weighted by Gasteiger charge is 2.42. The van der Waals surface area contributed by atoms with Crippen molar-refractivity contribution in [2.75, 3.05) is 26.2 Å². The lowest BCUT2D eigenvalue weighted by Crippen LogP contribution is -2.36. The van der Waals surface area contributed by atoms with Crippen molar-refractivity contribution in [3.05, 3.63) is 76.0 Å². The maximum atomic E-state index is 12.9. The van der Waals surface area contributed by atoms with E-state index < -0.39 is 0 Å². The molecule has 2 aromatic carbocycles. The zero-order valence-corrected chi connectivity index (χ0v) is 20.2. The normalized spacial score (nSPS) is 19.9. The predicted molar refractivity (Wildman–Crippen MR) is 130 cm³/mol. The Bertz CT molecular complexity index is 1210. The van der Waals surface area contributed by atoms with Gasteiger partial charge in [0.25, 0.3) is 0 Å². The van der Waals surface area contributed by atoms with Gasteiger partial charge in [0.2, 0.25) is 0 Å². The highest BCUT2D eigenvalue weighted by Crippen LogP contribution is 2.33. The van der Waals surface area contributed by atoms with Gasteiger partial charge in [-0.05, 0) is 53.8 Å². The van der Waals surface area contributed by atoms with E-state index in [4.69, 9.17) is 27.9 Å². The first-order valence-corrected chi connectivity index (χ1v) is 11.9. The lowest BCUT2D eigenvalue weighted by Gasteiger charge is -2.21. The van der Waals surface area contributed by atoms with Crippen LogP contribution < -0.4 is 4.74 Å². The van der Waals surface area contributed by atoms with Crippen LogP contribution in [-0.4, -0.2) is 57.6 Å². The molecule has 0 spiro atoms. The van der Waals surface area contributed by atoms with Crippen molar-refractivity contribution in [1.82, 2.24) is 19.6 Å². The standard InChI is InChI=1S/C25H24Cl2N4O3/c1-16(32)24-23(27)15-31(28-24)25(33)30-13-18-11-29(12-19(18)14-30)10-17-3-2-4-22(9-17)34-21-7-5-20(26)6-8-21/h2-9,15,18-19H,10-14H2,1H3. The number of amides is 1. The number of ether oxygens (including phenoxy) is 1. The van der Waals surface area contributed by atoms with Crippen LogP contribution in [-0.2, 0) is 6.54 Å². The highest BCUT2D eigenvalue weighted by atomic mass is 35.5. The van der Waals surface area contributed by atoms with Crippen LogP contribution in [0.1, 0.15) is 23.0 Å².